The number of fused-ring (bicyclic) bond motifs is 4. The third-order valence-electron chi connectivity index (χ3n) is 5.08. The van der Waals surface area contributed by atoms with Gasteiger partial charge in [0.15, 0.2) is 0 Å². The third kappa shape index (κ3) is 2.16. The van der Waals surface area contributed by atoms with Gasteiger partial charge in [0.05, 0.1) is 0 Å². The highest BCUT2D eigenvalue weighted by Gasteiger charge is 2.47. The summed E-state index contributed by atoms with van der Waals surface area (Å²) in [5.41, 5.74) is -0.153. The monoisotopic (exact) mass is 299 g/mol. The molecule has 22 heavy (non-hydrogen) atoms. The first-order chi connectivity index (χ1) is 10.8. The third-order valence-corrected chi connectivity index (χ3v) is 5.08. The van der Waals surface area contributed by atoms with Crippen molar-refractivity contribution in [1.82, 2.24) is 9.80 Å². The first-order valence-electron chi connectivity index (χ1n) is 8.03. The van der Waals surface area contributed by atoms with Crippen molar-refractivity contribution >= 4 is 12.1 Å². The molecule has 5 nitrogen and oxygen atoms in total. The van der Waals surface area contributed by atoms with Crippen LogP contribution in [0.1, 0.15) is 18.4 Å². The highest BCUT2D eigenvalue weighted by Crippen LogP contribution is 2.33. The van der Waals surface area contributed by atoms with E-state index in [1.165, 1.54) is 0 Å². The molecule has 1 unspecified atom stereocenters. The maximum Gasteiger partial charge on any atom is 0.265 e. The van der Waals surface area contributed by atoms with Crippen LogP contribution >= 0.6 is 0 Å². The van der Waals surface area contributed by atoms with E-state index in [0.717, 1.165) is 44.6 Å². The Labute approximate surface area is 130 Å². The van der Waals surface area contributed by atoms with Crippen LogP contribution in [0.3, 0.4) is 0 Å². The predicted octanol–water partition coefficient (Wildman–Crippen LogP) is 1.25. The van der Waals surface area contributed by atoms with E-state index in [2.05, 4.69) is 9.89 Å². The summed E-state index contributed by atoms with van der Waals surface area (Å²) in [4.78, 5) is 22.0. The summed E-state index contributed by atoms with van der Waals surface area (Å²) in [5.74, 6) is 0.0497. The topological polar surface area (TPSA) is 45.1 Å². The minimum absolute atomic E-state index is 0.0497. The maximum absolute atomic E-state index is 13.4. The lowest BCUT2D eigenvalue weighted by molar-refractivity contribution is -0.150. The molecule has 2 bridgehead atoms. The average molecular weight is 299 g/mol. The van der Waals surface area contributed by atoms with Crippen LogP contribution in [0, 0.1) is 0 Å². The lowest BCUT2D eigenvalue weighted by Crippen LogP contribution is -2.52. The normalized spacial score (nSPS) is 33.9. The molecule has 3 saturated heterocycles. The molecule has 4 heterocycles. The van der Waals surface area contributed by atoms with Gasteiger partial charge in [-0.15, -0.1) is 0 Å². The molecule has 3 fully saturated rings. The van der Waals surface area contributed by atoms with E-state index < -0.39 is 5.60 Å². The van der Waals surface area contributed by atoms with E-state index in [0.29, 0.717) is 6.04 Å². The van der Waals surface area contributed by atoms with Gasteiger partial charge < -0.3 is 14.5 Å². The van der Waals surface area contributed by atoms with Crippen molar-refractivity contribution in [3.8, 4) is 0 Å². The van der Waals surface area contributed by atoms with Gasteiger partial charge in [0, 0.05) is 38.4 Å². The number of amides is 1. The number of carbonyl (C=O) groups excluding carboxylic acids is 1. The van der Waals surface area contributed by atoms with Crippen LogP contribution in [0.15, 0.2) is 35.3 Å². The van der Waals surface area contributed by atoms with E-state index in [4.69, 9.17) is 4.74 Å². The largest absolute Gasteiger partial charge is 0.335 e. The van der Waals surface area contributed by atoms with Crippen molar-refractivity contribution < 1.29 is 9.53 Å². The molecule has 0 N–H and O–H groups in total. The fraction of sp³-hybridized carbons (Fsp3) is 0.529. The Morgan fingerprint density at radius 3 is 2.59 bits per heavy atom. The molecule has 0 saturated carbocycles. The summed E-state index contributed by atoms with van der Waals surface area (Å²) >= 11 is 0. The fourth-order valence-electron chi connectivity index (χ4n) is 3.79. The van der Waals surface area contributed by atoms with Crippen LogP contribution in [0.5, 0.6) is 0 Å². The second-order valence-corrected chi connectivity index (χ2v) is 6.26. The Hall–Kier alpha value is -1.72. The molecule has 0 aliphatic carbocycles. The van der Waals surface area contributed by atoms with Crippen molar-refractivity contribution in [1.29, 1.82) is 0 Å². The number of piperidine rings is 1. The molecule has 116 valence electrons. The van der Waals surface area contributed by atoms with Crippen molar-refractivity contribution in [3.05, 3.63) is 35.9 Å². The van der Waals surface area contributed by atoms with E-state index in [-0.39, 0.29) is 12.6 Å². The Balaban J connectivity index is 1.68. The maximum atomic E-state index is 13.4. The number of benzene rings is 1. The minimum atomic E-state index is -1.03. The summed E-state index contributed by atoms with van der Waals surface area (Å²) in [6, 6.07) is 10.1. The minimum Gasteiger partial charge on any atom is -0.335 e. The molecular formula is C17H21N3O2. The van der Waals surface area contributed by atoms with E-state index in [1.807, 2.05) is 35.2 Å². The quantitative estimate of drug-likeness (QED) is 0.825. The second kappa shape index (κ2) is 5.48. The van der Waals surface area contributed by atoms with Gasteiger partial charge in [-0.3, -0.25) is 9.79 Å². The summed E-state index contributed by atoms with van der Waals surface area (Å²) in [7, 11) is 0. The van der Waals surface area contributed by atoms with E-state index in [9.17, 15) is 4.79 Å². The van der Waals surface area contributed by atoms with Crippen LogP contribution in [0.2, 0.25) is 0 Å². The number of ether oxygens (including phenoxy) is 1. The number of nitrogens with zero attached hydrogens (tertiary/aromatic N) is 3. The van der Waals surface area contributed by atoms with Crippen molar-refractivity contribution in [2.75, 3.05) is 32.9 Å². The van der Waals surface area contributed by atoms with Gasteiger partial charge >= 0.3 is 0 Å². The molecule has 1 atom stereocenters. The van der Waals surface area contributed by atoms with Gasteiger partial charge in [-0.25, -0.2) is 0 Å². The SMILES string of the molecule is O=C(N1CCN2CCC1CC2)C1(c2ccccc2)C=NCO1. The number of hydrogen-bond acceptors (Lipinski definition) is 4. The standard InChI is InChI=1S/C17H21N3O2/c21-16(20-11-10-19-8-6-15(20)7-9-19)17(12-18-13-22-17)14-4-2-1-3-5-14/h1-5,12,15H,6-11,13H2. The van der Waals surface area contributed by atoms with E-state index in [1.54, 1.807) is 6.21 Å². The van der Waals surface area contributed by atoms with Crippen LogP contribution < -0.4 is 0 Å². The second-order valence-electron chi connectivity index (χ2n) is 6.26. The van der Waals surface area contributed by atoms with Gasteiger partial charge in [0.2, 0.25) is 5.60 Å². The van der Waals surface area contributed by atoms with Gasteiger partial charge in [0.1, 0.15) is 6.73 Å². The fourth-order valence-corrected chi connectivity index (χ4v) is 3.79. The van der Waals surface area contributed by atoms with Gasteiger partial charge in [-0.2, -0.15) is 0 Å². The molecule has 4 aliphatic heterocycles. The predicted molar refractivity (Wildman–Crippen MR) is 83.7 cm³/mol. The molecule has 5 heteroatoms. The molecule has 0 aromatic heterocycles. The average Bonchev–Trinajstić information content (AvgIpc) is 2.90. The van der Waals surface area contributed by atoms with Crippen molar-refractivity contribution in [2.24, 2.45) is 4.99 Å². The first-order valence-corrected chi connectivity index (χ1v) is 8.03. The number of hydrogen-bond donors (Lipinski definition) is 0. The zero-order chi connectivity index (χ0) is 15.0. The Morgan fingerprint density at radius 2 is 1.91 bits per heavy atom. The smallest absolute Gasteiger partial charge is 0.265 e. The van der Waals surface area contributed by atoms with E-state index >= 15 is 0 Å². The molecule has 1 aromatic rings. The van der Waals surface area contributed by atoms with Crippen LogP contribution in [0.4, 0.5) is 0 Å². The van der Waals surface area contributed by atoms with Gasteiger partial charge in [-0.1, -0.05) is 30.3 Å². The highest BCUT2D eigenvalue weighted by molar-refractivity contribution is 6.03. The lowest BCUT2D eigenvalue weighted by Gasteiger charge is -2.36. The summed E-state index contributed by atoms with van der Waals surface area (Å²) in [5, 5.41) is 0. The molecular weight excluding hydrogens is 278 g/mol. The number of rotatable bonds is 2. The summed E-state index contributed by atoms with van der Waals surface area (Å²) in [6.07, 6.45) is 3.82. The molecule has 0 radical (unpaired) electrons. The molecule has 4 aliphatic rings. The molecule has 0 spiro atoms. The zero-order valence-electron chi connectivity index (χ0n) is 12.6. The molecule has 1 aromatic carbocycles. The Morgan fingerprint density at radius 1 is 1.14 bits per heavy atom. The number of aliphatic imine (C=N–C) groups is 1. The number of carbonyl (C=O) groups is 1. The summed E-state index contributed by atoms with van der Waals surface area (Å²) < 4.78 is 5.86. The zero-order valence-corrected chi connectivity index (χ0v) is 12.6. The van der Waals surface area contributed by atoms with Crippen LogP contribution in [-0.2, 0) is 15.1 Å². The molecule has 1 amide bonds. The Bertz CT molecular complexity index is 581. The van der Waals surface area contributed by atoms with Crippen LogP contribution in [-0.4, -0.2) is 60.9 Å². The molecule has 5 rings (SSSR count). The van der Waals surface area contributed by atoms with Crippen LogP contribution in [0.25, 0.3) is 0 Å². The highest BCUT2D eigenvalue weighted by atomic mass is 16.5. The van der Waals surface area contributed by atoms with Gasteiger partial charge in [-0.05, 0) is 18.4 Å². The van der Waals surface area contributed by atoms with Gasteiger partial charge in [0.25, 0.3) is 5.91 Å². The first kappa shape index (κ1) is 13.9. The van der Waals surface area contributed by atoms with Crippen molar-refractivity contribution in [3.63, 3.8) is 0 Å². The Kier molecular flexibility index (Phi) is 3.47. The van der Waals surface area contributed by atoms with Crippen molar-refractivity contribution in [2.45, 2.75) is 24.5 Å². The summed E-state index contributed by atoms with van der Waals surface area (Å²) in [6.45, 7) is 4.20. The lowest BCUT2D eigenvalue weighted by atomic mass is 9.92.